The first-order chi connectivity index (χ1) is 7.92. The van der Waals surface area contributed by atoms with Gasteiger partial charge in [-0.25, -0.2) is 0 Å². The molecule has 0 aliphatic heterocycles. The van der Waals surface area contributed by atoms with E-state index in [0.29, 0.717) is 12.1 Å². The van der Waals surface area contributed by atoms with Crippen LogP contribution in [0, 0.1) is 5.41 Å². The van der Waals surface area contributed by atoms with Crippen LogP contribution in [0.2, 0.25) is 0 Å². The summed E-state index contributed by atoms with van der Waals surface area (Å²) >= 11 is 0. The van der Waals surface area contributed by atoms with E-state index in [0.717, 1.165) is 13.0 Å². The maximum atomic E-state index is 11.3. The van der Waals surface area contributed by atoms with Gasteiger partial charge in [-0.1, -0.05) is 6.42 Å². The molecule has 4 heteroatoms. The van der Waals surface area contributed by atoms with Crippen LogP contribution >= 0.6 is 0 Å². The average Bonchev–Trinajstić information content (AvgIpc) is 2.12. The quantitative estimate of drug-likeness (QED) is 0.758. The highest BCUT2D eigenvalue weighted by Crippen LogP contribution is 2.57. The van der Waals surface area contributed by atoms with Gasteiger partial charge in [0, 0.05) is 18.1 Å². The lowest BCUT2D eigenvalue weighted by Gasteiger charge is -2.62. The van der Waals surface area contributed by atoms with Crippen molar-refractivity contribution in [3.05, 3.63) is 0 Å². The van der Waals surface area contributed by atoms with Gasteiger partial charge in [0.1, 0.15) is 0 Å². The number of nitrogens with one attached hydrogen (secondary N) is 1. The van der Waals surface area contributed by atoms with Crippen LogP contribution in [0.25, 0.3) is 0 Å². The highest BCUT2D eigenvalue weighted by atomic mass is 16.5. The van der Waals surface area contributed by atoms with Crippen LogP contribution < -0.4 is 11.1 Å². The lowest BCUT2D eigenvalue weighted by molar-refractivity contribution is -0.178. The minimum Gasteiger partial charge on any atom is -0.378 e. The third-order valence-corrected chi connectivity index (χ3v) is 4.59. The summed E-state index contributed by atoms with van der Waals surface area (Å²) < 4.78 is 5.78. The molecule has 2 fully saturated rings. The van der Waals surface area contributed by atoms with E-state index in [1.807, 2.05) is 20.8 Å². The van der Waals surface area contributed by atoms with E-state index in [2.05, 4.69) is 5.32 Å². The van der Waals surface area contributed by atoms with Gasteiger partial charge in [-0.05, 0) is 40.0 Å². The third kappa shape index (κ3) is 1.97. The number of primary amides is 1. The van der Waals surface area contributed by atoms with Gasteiger partial charge in [0.15, 0.2) is 0 Å². The molecule has 0 bridgehead atoms. The zero-order valence-corrected chi connectivity index (χ0v) is 11.1. The molecule has 98 valence electrons. The summed E-state index contributed by atoms with van der Waals surface area (Å²) in [4.78, 5) is 11.3. The van der Waals surface area contributed by atoms with Crippen molar-refractivity contribution in [1.29, 1.82) is 0 Å². The van der Waals surface area contributed by atoms with Crippen molar-refractivity contribution < 1.29 is 9.53 Å². The normalized spacial score (nSPS) is 30.8. The van der Waals surface area contributed by atoms with E-state index < -0.39 is 5.54 Å². The summed E-state index contributed by atoms with van der Waals surface area (Å²) in [5.74, 6) is -0.285. The molecule has 0 aromatic rings. The van der Waals surface area contributed by atoms with Crippen molar-refractivity contribution in [2.45, 2.75) is 64.1 Å². The highest BCUT2D eigenvalue weighted by molar-refractivity contribution is 5.83. The second kappa shape index (κ2) is 4.25. The van der Waals surface area contributed by atoms with E-state index in [1.54, 1.807) is 0 Å². The number of nitrogens with two attached hydrogens (primary N) is 1. The Labute approximate surface area is 103 Å². The summed E-state index contributed by atoms with van der Waals surface area (Å²) in [6, 6.07) is 0.385. The van der Waals surface area contributed by atoms with Gasteiger partial charge in [-0.2, -0.15) is 0 Å². The first kappa shape index (κ1) is 12.8. The number of carbonyl (C=O) groups excluding carboxylic acids is 1. The number of amides is 1. The Morgan fingerprint density at radius 1 is 1.53 bits per heavy atom. The van der Waals surface area contributed by atoms with Gasteiger partial charge in [0.05, 0.1) is 11.6 Å². The summed E-state index contributed by atoms with van der Waals surface area (Å²) in [5, 5.41) is 3.42. The van der Waals surface area contributed by atoms with Crippen molar-refractivity contribution >= 4 is 5.91 Å². The molecule has 1 amide bonds. The summed E-state index contributed by atoms with van der Waals surface area (Å²) in [5.41, 5.74) is 5.07. The maximum Gasteiger partial charge on any atom is 0.237 e. The van der Waals surface area contributed by atoms with Crippen LogP contribution in [-0.2, 0) is 9.53 Å². The molecule has 2 rings (SSSR count). The predicted molar refractivity (Wildman–Crippen MR) is 66.5 cm³/mol. The predicted octanol–water partition coefficient (Wildman–Crippen LogP) is 1.19. The van der Waals surface area contributed by atoms with E-state index in [4.69, 9.17) is 10.5 Å². The number of ether oxygens (including phenoxy) is 1. The second-order valence-electron chi connectivity index (χ2n) is 5.95. The Morgan fingerprint density at radius 2 is 2.18 bits per heavy atom. The molecule has 0 heterocycles. The molecular formula is C13H24N2O2. The van der Waals surface area contributed by atoms with Gasteiger partial charge >= 0.3 is 0 Å². The van der Waals surface area contributed by atoms with Gasteiger partial charge in [0.25, 0.3) is 0 Å². The van der Waals surface area contributed by atoms with Gasteiger partial charge < -0.3 is 15.8 Å². The van der Waals surface area contributed by atoms with Crippen LogP contribution in [-0.4, -0.2) is 30.2 Å². The fourth-order valence-electron chi connectivity index (χ4n) is 3.15. The van der Waals surface area contributed by atoms with Gasteiger partial charge in [-0.3, -0.25) is 4.79 Å². The topological polar surface area (TPSA) is 64.3 Å². The molecule has 1 spiro atoms. The third-order valence-electron chi connectivity index (χ3n) is 4.59. The molecule has 0 saturated heterocycles. The highest BCUT2D eigenvalue weighted by Gasteiger charge is 2.59. The van der Waals surface area contributed by atoms with Crippen LogP contribution in [0.5, 0.6) is 0 Å². The van der Waals surface area contributed by atoms with E-state index >= 15 is 0 Å². The van der Waals surface area contributed by atoms with Gasteiger partial charge in [0.2, 0.25) is 5.91 Å². The number of hydrogen-bond donors (Lipinski definition) is 2. The first-order valence-corrected chi connectivity index (χ1v) is 6.61. The molecule has 2 aliphatic carbocycles. The van der Waals surface area contributed by atoms with Crippen molar-refractivity contribution in [3.8, 4) is 0 Å². The fourth-order valence-corrected chi connectivity index (χ4v) is 3.15. The van der Waals surface area contributed by atoms with Crippen molar-refractivity contribution in [2.75, 3.05) is 6.61 Å². The van der Waals surface area contributed by atoms with E-state index in [9.17, 15) is 4.79 Å². The van der Waals surface area contributed by atoms with E-state index in [1.165, 1.54) is 19.3 Å². The minimum atomic E-state index is -0.621. The average molecular weight is 240 g/mol. The fraction of sp³-hybridized carbons (Fsp3) is 0.923. The Hall–Kier alpha value is -0.610. The lowest BCUT2D eigenvalue weighted by atomic mass is 9.50. The second-order valence-corrected chi connectivity index (χ2v) is 5.95. The van der Waals surface area contributed by atoms with E-state index in [-0.39, 0.29) is 11.3 Å². The zero-order valence-electron chi connectivity index (χ0n) is 11.1. The molecular weight excluding hydrogens is 216 g/mol. The van der Waals surface area contributed by atoms with Crippen molar-refractivity contribution in [1.82, 2.24) is 5.32 Å². The molecule has 2 atom stereocenters. The van der Waals surface area contributed by atoms with Crippen molar-refractivity contribution in [2.24, 2.45) is 11.1 Å². The van der Waals surface area contributed by atoms with Crippen molar-refractivity contribution in [3.63, 3.8) is 0 Å². The smallest absolute Gasteiger partial charge is 0.237 e. The van der Waals surface area contributed by atoms with Crippen LogP contribution in [0.4, 0.5) is 0 Å². The van der Waals surface area contributed by atoms with Gasteiger partial charge in [-0.15, -0.1) is 0 Å². The first-order valence-electron chi connectivity index (χ1n) is 6.61. The van der Waals surface area contributed by atoms with Crippen LogP contribution in [0.1, 0.15) is 46.5 Å². The van der Waals surface area contributed by atoms with Crippen LogP contribution in [0.15, 0.2) is 0 Å². The standard InChI is InChI=1S/C13H24N2O2/c1-4-17-10-8-9(13(10)6-5-7-13)15-12(2,3)11(14)16/h9-10,15H,4-8H2,1-3H3,(H2,14,16). The Balaban J connectivity index is 1.98. The molecule has 3 N–H and O–H groups in total. The molecule has 2 saturated carbocycles. The summed E-state index contributed by atoms with van der Waals surface area (Å²) in [7, 11) is 0. The maximum absolute atomic E-state index is 11.3. The summed E-state index contributed by atoms with van der Waals surface area (Å²) in [6.45, 7) is 6.53. The molecule has 0 aromatic heterocycles. The number of rotatable bonds is 5. The largest absolute Gasteiger partial charge is 0.378 e. The molecule has 0 radical (unpaired) electrons. The number of carbonyl (C=O) groups is 1. The zero-order chi connectivity index (χ0) is 12.7. The molecule has 2 unspecified atom stereocenters. The lowest BCUT2D eigenvalue weighted by Crippen LogP contribution is -2.71. The Kier molecular flexibility index (Phi) is 3.21. The number of hydrogen-bond acceptors (Lipinski definition) is 3. The Bertz CT molecular complexity index is 311. The monoisotopic (exact) mass is 240 g/mol. The summed E-state index contributed by atoms with van der Waals surface area (Å²) in [6.07, 6.45) is 5.08. The Morgan fingerprint density at radius 3 is 2.59 bits per heavy atom. The minimum absolute atomic E-state index is 0.280. The molecule has 2 aliphatic rings. The van der Waals surface area contributed by atoms with Crippen LogP contribution in [0.3, 0.4) is 0 Å². The molecule has 17 heavy (non-hydrogen) atoms. The molecule has 4 nitrogen and oxygen atoms in total. The SMILES string of the molecule is CCOC1CC(NC(C)(C)C(N)=O)C12CCC2. The molecule has 0 aromatic carbocycles.